The van der Waals surface area contributed by atoms with Crippen molar-refractivity contribution in [1.82, 2.24) is 20.1 Å². The smallest absolute Gasteiger partial charge is 0.251 e. The summed E-state index contributed by atoms with van der Waals surface area (Å²) in [6.07, 6.45) is 1.67. The van der Waals surface area contributed by atoms with Gasteiger partial charge in [0.25, 0.3) is 5.91 Å². The molecule has 2 aromatic carbocycles. The molecule has 1 atom stereocenters. The number of aromatic nitrogens is 3. The van der Waals surface area contributed by atoms with Crippen LogP contribution in [-0.4, -0.2) is 27.3 Å². The average molecular weight is 364 g/mol. The van der Waals surface area contributed by atoms with Crippen molar-refractivity contribution < 1.29 is 9.53 Å². The molecule has 140 valence electrons. The Hall–Kier alpha value is -3.15. The zero-order valence-corrected chi connectivity index (χ0v) is 15.8. The quantitative estimate of drug-likeness (QED) is 0.691. The second kappa shape index (κ2) is 8.49. The molecule has 3 aromatic rings. The topological polar surface area (TPSA) is 69.0 Å². The fourth-order valence-corrected chi connectivity index (χ4v) is 2.96. The van der Waals surface area contributed by atoms with Crippen LogP contribution in [0.1, 0.15) is 43.0 Å². The lowest BCUT2D eigenvalue weighted by molar-refractivity contribution is 0.0937. The Morgan fingerprint density at radius 2 is 1.89 bits per heavy atom. The third-order valence-electron chi connectivity index (χ3n) is 4.32. The van der Waals surface area contributed by atoms with Crippen molar-refractivity contribution in [1.29, 1.82) is 0 Å². The average Bonchev–Trinajstić information content (AvgIpc) is 3.17. The van der Waals surface area contributed by atoms with Gasteiger partial charge in [0.2, 0.25) is 0 Å². The summed E-state index contributed by atoms with van der Waals surface area (Å²) in [5, 5.41) is 11.0. The molecular formula is C21H24N4O2. The van der Waals surface area contributed by atoms with Crippen molar-refractivity contribution >= 4 is 5.91 Å². The van der Waals surface area contributed by atoms with Gasteiger partial charge in [-0.05, 0) is 56.2 Å². The van der Waals surface area contributed by atoms with Gasteiger partial charge in [0.1, 0.15) is 12.1 Å². The zero-order valence-electron chi connectivity index (χ0n) is 15.8. The second-order valence-corrected chi connectivity index (χ2v) is 6.21. The van der Waals surface area contributed by atoms with Gasteiger partial charge >= 0.3 is 0 Å². The lowest BCUT2D eigenvalue weighted by Crippen LogP contribution is -2.28. The third-order valence-corrected chi connectivity index (χ3v) is 4.32. The summed E-state index contributed by atoms with van der Waals surface area (Å²) in [5.41, 5.74) is 2.58. The molecule has 0 unspecified atom stereocenters. The molecule has 1 aromatic heterocycles. The first-order valence-corrected chi connectivity index (χ1v) is 9.14. The molecule has 1 amide bonds. The fraction of sp³-hybridized carbons (Fsp3) is 0.286. The van der Waals surface area contributed by atoms with E-state index in [-0.39, 0.29) is 11.9 Å². The Balaban J connectivity index is 1.78. The van der Waals surface area contributed by atoms with E-state index in [0.717, 1.165) is 29.2 Å². The molecule has 0 aliphatic heterocycles. The monoisotopic (exact) mass is 364 g/mol. The molecule has 0 saturated carbocycles. The first-order valence-electron chi connectivity index (χ1n) is 9.14. The summed E-state index contributed by atoms with van der Waals surface area (Å²) < 4.78 is 7.48. The van der Waals surface area contributed by atoms with Crippen LogP contribution in [0.2, 0.25) is 0 Å². The van der Waals surface area contributed by atoms with Crippen LogP contribution in [0.15, 0.2) is 54.9 Å². The number of nitrogens with one attached hydrogen (secondary N) is 1. The Morgan fingerprint density at radius 3 is 2.63 bits per heavy atom. The third kappa shape index (κ3) is 4.34. The van der Waals surface area contributed by atoms with E-state index in [1.807, 2.05) is 73.9 Å². The Labute approximate surface area is 159 Å². The van der Waals surface area contributed by atoms with Crippen LogP contribution >= 0.6 is 0 Å². The van der Waals surface area contributed by atoms with Crippen molar-refractivity contribution in [3.05, 3.63) is 66.2 Å². The van der Waals surface area contributed by atoms with Gasteiger partial charge in [-0.3, -0.25) is 4.79 Å². The number of ether oxygens (including phenoxy) is 1. The number of hydrogen-bond acceptors (Lipinski definition) is 4. The van der Waals surface area contributed by atoms with Crippen LogP contribution in [0.3, 0.4) is 0 Å². The Bertz CT molecular complexity index is 920. The molecule has 0 bridgehead atoms. The van der Waals surface area contributed by atoms with E-state index in [0.29, 0.717) is 12.2 Å². The molecule has 1 N–H and O–H groups in total. The molecule has 27 heavy (non-hydrogen) atoms. The SMILES string of the molecule is CCOc1cccc(-c2cccc(C(=O)N[C@@H](C)c3nncn3CC)c2)c1. The molecule has 0 saturated heterocycles. The molecule has 0 fully saturated rings. The highest BCUT2D eigenvalue weighted by molar-refractivity contribution is 5.95. The minimum atomic E-state index is -0.232. The minimum Gasteiger partial charge on any atom is -0.494 e. The van der Waals surface area contributed by atoms with E-state index >= 15 is 0 Å². The van der Waals surface area contributed by atoms with Crippen LogP contribution in [0.5, 0.6) is 5.75 Å². The van der Waals surface area contributed by atoms with Gasteiger partial charge in [0, 0.05) is 12.1 Å². The number of carbonyl (C=O) groups excluding carboxylic acids is 1. The summed E-state index contributed by atoms with van der Waals surface area (Å²) in [7, 11) is 0. The minimum absolute atomic E-state index is 0.143. The maximum Gasteiger partial charge on any atom is 0.251 e. The molecule has 0 spiro atoms. The number of nitrogens with zero attached hydrogens (tertiary/aromatic N) is 3. The number of carbonyl (C=O) groups is 1. The molecular weight excluding hydrogens is 340 g/mol. The van der Waals surface area contributed by atoms with Crippen LogP contribution < -0.4 is 10.1 Å². The van der Waals surface area contributed by atoms with E-state index in [9.17, 15) is 4.79 Å². The summed E-state index contributed by atoms with van der Waals surface area (Å²) in [6, 6.07) is 15.2. The second-order valence-electron chi connectivity index (χ2n) is 6.21. The lowest BCUT2D eigenvalue weighted by Gasteiger charge is -2.14. The van der Waals surface area contributed by atoms with Crippen molar-refractivity contribution in [2.75, 3.05) is 6.61 Å². The van der Waals surface area contributed by atoms with Crippen molar-refractivity contribution in [2.24, 2.45) is 0 Å². The molecule has 6 nitrogen and oxygen atoms in total. The standard InChI is InChI=1S/C21H24N4O2/c1-4-25-14-22-24-20(25)15(3)23-21(26)18-10-6-8-16(12-18)17-9-7-11-19(13-17)27-5-2/h6-15H,4-5H2,1-3H3,(H,23,26)/t15-/m0/s1. The zero-order chi connectivity index (χ0) is 19.2. The number of rotatable bonds is 7. The van der Waals surface area contributed by atoms with E-state index in [1.54, 1.807) is 6.33 Å². The summed E-state index contributed by atoms with van der Waals surface area (Å²) in [4.78, 5) is 12.7. The van der Waals surface area contributed by atoms with Gasteiger partial charge in [-0.25, -0.2) is 0 Å². The van der Waals surface area contributed by atoms with Gasteiger partial charge in [-0.15, -0.1) is 10.2 Å². The van der Waals surface area contributed by atoms with Crippen molar-refractivity contribution in [2.45, 2.75) is 33.4 Å². The van der Waals surface area contributed by atoms with E-state index in [4.69, 9.17) is 4.74 Å². The number of aryl methyl sites for hydroxylation is 1. The van der Waals surface area contributed by atoms with Gasteiger partial charge < -0.3 is 14.6 Å². The van der Waals surface area contributed by atoms with Crippen molar-refractivity contribution in [3.63, 3.8) is 0 Å². The van der Waals surface area contributed by atoms with Gasteiger partial charge in [0.05, 0.1) is 12.6 Å². The number of amides is 1. The lowest BCUT2D eigenvalue weighted by atomic mass is 10.0. The first-order chi connectivity index (χ1) is 13.1. The summed E-state index contributed by atoms with van der Waals surface area (Å²) >= 11 is 0. The predicted molar refractivity (Wildman–Crippen MR) is 105 cm³/mol. The fourth-order valence-electron chi connectivity index (χ4n) is 2.96. The summed E-state index contributed by atoms with van der Waals surface area (Å²) in [6.45, 7) is 7.25. The van der Waals surface area contributed by atoms with Crippen LogP contribution in [0, 0.1) is 0 Å². The van der Waals surface area contributed by atoms with Gasteiger partial charge in [-0.1, -0.05) is 24.3 Å². The molecule has 3 rings (SSSR count). The molecule has 6 heteroatoms. The normalized spacial score (nSPS) is 11.8. The first kappa shape index (κ1) is 18.6. The highest BCUT2D eigenvalue weighted by Crippen LogP contribution is 2.25. The van der Waals surface area contributed by atoms with Gasteiger partial charge in [-0.2, -0.15) is 0 Å². The molecule has 1 heterocycles. The predicted octanol–water partition coefficient (Wildman–Crippen LogP) is 3.85. The van der Waals surface area contributed by atoms with E-state index in [1.165, 1.54) is 0 Å². The van der Waals surface area contributed by atoms with Gasteiger partial charge in [0.15, 0.2) is 5.82 Å². The number of hydrogen-bond donors (Lipinski definition) is 1. The van der Waals surface area contributed by atoms with E-state index < -0.39 is 0 Å². The van der Waals surface area contributed by atoms with Crippen LogP contribution in [-0.2, 0) is 6.54 Å². The molecule has 0 aliphatic carbocycles. The largest absolute Gasteiger partial charge is 0.494 e. The van der Waals surface area contributed by atoms with Crippen LogP contribution in [0.4, 0.5) is 0 Å². The van der Waals surface area contributed by atoms with Crippen LogP contribution in [0.25, 0.3) is 11.1 Å². The van der Waals surface area contributed by atoms with Crippen molar-refractivity contribution in [3.8, 4) is 16.9 Å². The molecule has 0 aliphatic rings. The summed E-state index contributed by atoms with van der Waals surface area (Å²) in [5.74, 6) is 1.42. The maximum atomic E-state index is 12.7. The molecule has 0 radical (unpaired) electrons. The Kier molecular flexibility index (Phi) is 5.86. The highest BCUT2D eigenvalue weighted by Gasteiger charge is 2.16. The Morgan fingerprint density at radius 1 is 1.15 bits per heavy atom. The highest BCUT2D eigenvalue weighted by atomic mass is 16.5. The van der Waals surface area contributed by atoms with E-state index in [2.05, 4.69) is 15.5 Å². The maximum absolute atomic E-state index is 12.7. The number of benzene rings is 2.